The van der Waals surface area contributed by atoms with Gasteiger partial charge >= 0.3 is 5.97 Å². The van der Waals surface area contributed by atoms with E-state index in [9.17, 15) is 30.3 Å². The molecular weight excluding hydrogens is 504 g/mol. The van der Waals surface area contributed by atoms with Gasteiger partial charge in [-0.1, -0.05) is 6.07 Å². The molecule has 0 radical (unpaired) electrons. The van der Waals surface area contributed by atoms with E-state index in [4.69, 9.17) is 28.4 Å². The summed E-state index contributed by atoms with van der Waals surface area (Å²) in [6, 6.07) is 7.84. The lowest BCUT2D eigenvalue weighted by Gasteiger charge is -2.39. The van der Waals surface area contributed by atoms with Crippen LogP contribution in [0.2, 0.25) is 0 Å². The van der Waals surface area contributed by atoms with Gasteiger partial charge in [0.05, 0.1) is 19.3 Å². The summed E-state index contributed by atoms with van der Waals surface area (Å²) >= 11 is 0. The van der Waals surface area contributed by atoms with Crippen molar-refractivity contribution in [2.75, 3.05) is 20.5 Å². The highest BCUT2D eigenvalue weighted by Crippen LogP contribution is 2.49. The van der Waals surface area contributed by atoms with E-state index in [1.807, 2.05) is 0 Å². The molecule has 5 atom stereocenters. The Bertz CT molecular complexity index is 1430. The Hall–Kier alpha value is -3.81. The molecule has 12 nitrogen and oxygen atoms in total. The van der Waals surface area contributed by atoms with Crippen molar-refractivity contribution in [2.24, 2.45) is 0 Å². The molecule has 200 valence electrons. The van der Waals surface area contributed by atoms with Gasteiger partial charge in [-0.25, -0.2) is 4.79 Å². The number of fused-ring (bicyclic) bond motifs is 3. The van der Waals surface area contributed by atoms with E-state index >= 15 is 0 Å². The van der Waals surface area contributed by atoms with Gasteiger partial charge in [0.25, 0.3) is 0 Å². The number of aromatic hydroxyl groups is 1. The van der Waals surface area contributed by atoms with Gasteiger partial charge in [-0.15, -0.1) is 0 Å². The number of cyclic esters (lactones) is 1. The van der Waals surface area contributed by atoms with Crippen LogP contribution in [-0.2, 0) is 16.1 Å². The van der Waals surface area contributed by atoms with E-state index in [0.717, 1.165) is 0 Å². The molecule has 38 heavy (non-hydrogen) atoms. The van der Waals surface area contributed by atoms with Crippen molar-refractivity contribution in [3.8, 4) is 39.9 Å². The number of esters is 1. The number of aliphatic hydroxyl groups excluding tert-OH is 4. The number of ether oxygens (including phenoxy) is 6. The van der Waals surface area contributed by atoms with Crippen LogP contribution in [0.15, 0.2) is 30.3 Å². The first kappa shape index (κ1) is 24.5. The van der Waals surface area contributed by atoms with Crippen molar-refractivity contribution >= 4 is 16.7 Å². The lowest BCUT2D eigenvalue weighted by Crippen LogP contribution is -2.60. The van der Waals surface area contributed by atoms with Crippen LogP contribution in [0.1, 0.15) is 15.9 Å². The monoisotopic (exact) mass is 528 g/mol. The van der Waals surface area contributed by atoms with Gasteiger partial charge in [-0.2, -0.15) is 0 Å². The van der Waals surface area contributed by atoms with E-state index < -0.39 is 43.3 Å². The molecule has 3 aliphatic rings. The number of phenols is 1. The second-order valence-corrected chi connectivity index (χ2v) is 9.09. The molecule has 6 rings (SSSR count). The normalized spacial score (nSPS) is 25.8. The predicted octanol–water partition coefficient (Wildman–Crippen LogP) is 0.799. The van der Waals surface area contributed by atoms with Crippen molar-refractivity contribution in [1.82, 2.24) is 0 Å². The number of aliphatic hydroxyl groups is 4. The molecule has 0 amide bonds. The molecule has 3 heterocycles. The highest BCUT2D eigenvalue weighted by Gasteiger charge is 2.45. The van der Waals surface area contributed by atoms with Crippen molar-refractivity contribution in [2.45, 2.75) is 37.3 Å². The fourth-order valence-corrected chi connectivity index (χ4v) is 5.06. The van der Waals surface area contributed by atoms with E-state index in [2.05, 4.69) is 0 Å². The van der Waals surface area contributed by atoms with Crippen LogP contribution in [0.5, 0.6) is 28.7 Å². The van der Waals surface area contributed by atoms with E-state index in [1.54, 1.807) is 18.2 Å². The first-order valence-corrected chi connectivity index (χ1v) is 11.8. The molecular formula is C26H24O12. The van der Waals surface area contributed by atoms with Gasteiger partial charge in [-0.05, 0) is 35.2 Å². The number of hydrogen-bond donors (Lipinski definition) is 5. The predicted molar refractivity (Wildman–Crippen MR) is 127 cm³/mol. The molecule has 1 fully saturated rings. The SMILES string of the molecule is COc1c2c(c(-c3ccc(O)c(OC4OC(CO)C(O)C(O)C4O)c3)c3cc4c(cc13)OCO4)C(=O)OC2. The molecule has 12 heteroatoms. The summed E-state index contributed by atoms with van der Waals surface area (Å²) in [4.78, 5) is 12.9. The van der Waals surface area contributed by atoms with Gasteiger partial charge in [0, 0.05) is 16.5 Å². The lowest BCUT2D eigenvalue weighted by atomic mass is 9.89. The van der Waals surface area contributed by atoms with Crippen LogP contribution in [0, 0.1) is 0 Å². The van der Waals surface area contributed by atoms with Gasteiger partial charge in [0.1, 0.15) is 36.8 Å². The highest BCUT2D eigenvalue weighted by atomic mass is 16.7. The van der Waals surface area contributed by atoms with Crippen LogP contribution in [0.25, 0.3) is 21.9 Å². The van der Waals surface area contributed by atoms with Crippen LogP contribution in [-0.4, -0.2) is 82.7 Å². The number of rotatable bonds is 5. The second kappa shape index (κ2) is 9.19. The molecule has 0 spiro atoms. The molecule has 3 aromatic rings. The van der Waals surface area contributed by atoms with Crippen LogP contribution in [0.4, 0.5) is 0 Å². The van der Waals surface area contributed by atoms with Crippen LogP contribution < -0.4 is 18.9 Å². The fraction of sp³-hybridized carbons (Fsp3) is 0.346. The molecule has 1 saturated heterocycles. The molecule has 5 unspecified atom stereocenters. The Kier molecular flexibility index (Phi) is 5.93. The summed E-state index contributed by atoms with van der Waals surface area (Å²) in [5, 5.41) is 51.8. The number of hydrogen-bond acceptors (Lipinski definition) is 12. The van der Waals surface area contributed by atoms with E-state index in [-0.39, 0.29) is 30.5 Å². The summed E-state index contributed by atoms with van der Waals surface area (Å²) in [6.07, 6.45) is -7.64. The fourth-order valence-electron chi connectivity index (χ4n) is 5.06. The van der Waals surface area contributed by atoms with E-state index in [0.29, 0.717) is 44.7 Å². The Morgan fingerprint density at radius 2 is 1.68 bits per heavy atom. The average Bonchev–Trinajstić information content (AvgIpc) is 3.54. The Balaban J connectivity index is 1.50. The molecule has 0 bridgehead atoms. The minimum atomic E-state index is -1.68. The standard InChI is InChI=1S/C26H24O12/c1-33-24-12-6-17-16(35-9-36-17)5-11(12)19(20-13(24)8-34-25(20)32)10-2-3-14(28)15(4-10)37-26-23(31)22(30)21(29)18(7-27)38-26/h2-6,18,21-23,26-31H,7-9H2,1H3. The van der Waals surface area contributed by atoms with Crippen molar-refractivity contribution in [3.05, 3.63) is 41.5 Å². The summed E-state index contributed by atoms with van der Waals surface area (Å²) in [5.74, 6) is 0.432. The topological polar surface area (TPSA) is 174 Å². The Labute approximate surface area is 215 Å². The summed E-state index contributed by atoms with van der Waals surface area (Å²) in [6.45, 7) is -0.596. The first-order valence-electron chi connectivity index (χ1n) is 11.8. The Morgan fingerprint density at radius 3 is 2.39 bits per heavy atom. The number of carbonyl (C=O) groups is 1. The van der Waals surface area contributed by atoms with Gasteiger partial charge < -0.3 is 54.0 Å². The summed E-state index contributed by atoms with van der Waals surface area (Å²) in [7, 11) is 1.50. The molecule has 3 aliphatic heterocycles. The maximum atomic E-state index is 12.9. The minimum Gasteiger partial charge on any atom is -0.504 e. The zero-order chi connectivity index (χ0) is 26.7. The first-order chi connectivity index (χ1) is 18.3. The van der Waals surface area contributed by atoms with Crippen LogP contribution in [0.3, 0.4) is 0 Å². The van der Waals surface area contributed by atoms with Crippen molar-refractivity contribution < 1.29 is 58.7 Å². The largest absolute Gasteiger partial charge is 0.504 e. The molecule has 3 aromatic carbocycles. The minimum absolute atomic E-state index is 0.00102. The summed E-state index contributed by atoms with van der Waals surface area (Å²) < 4.78 is 33.2. The molecule has 5 N–H and O–H groups in total. The maximum Gasteiger partial charge on any atom is 0.339 e. The lowest BCUT2D eigenvalue weighted by molar-refractivity contribution is -0.277. The molecule has 0 saturated carbocycles. The zero-order valence-electron chi connectivity index (χ0n) is 20.0. The second-order valence-electron chi connectivity index (χ2n) is 9.09. The Morgan fingerprint density at radius 1 is 0.947 bits per heavy atom. The maximum absolute atomic E-state index is 12.9. The number of methoxy groups -OCH3 is 1. The summed E-state index contributed by atoms with van der Waals surface area (Å²) in [5.41, 5.74) is 1.74. The smallest absolute Gasteiger partial charge is 0.339 e. The van der Waals surface area contributed by atoms with Crippen molar-refractivity contribution in [3.63, 3.8) is 0 Å². The zero-order valence-corrected chi connectivity index (χ0v) is 20.0. The van der Waals surface area contributed by atoms with Crippen LogP contribution >= 0.6 is 0 Å². The van der Waals surface area contributed by atoms with E-state index in [1.165, 1.54) is 19.2 Å². The number of benzene rings is 3. The molecule has 0 aliphatic carbocycles. The van der Waals surface area contributed by atoms with Gasteiger partial charge in [0.2, 0.25) is 13.1 Å². The highest BCUT2D eigenvalue weighted by molar-refractivity contribution is 6.14. The van der Waals surface area contributed by atoms with Gasteiger partial charge in [0.15, 0.2) is 23.0 Å². The third kappa shape index (κ3) is 3.68. The van der Waals surface area contributed by atoms with Crippen molar-refractivity contribution in [1.29, 1.82) is 0 Å². The number of phenolic OH excluding ortho intramolecular Hbond substituents is 1. The third-order valence-corrected chi connectivity index (χ3v) is 6.95. The number of carbonyl (C=O) groups excluding carboxylic acids is 1. The average molecular weight is 528 g/mol. The third-order valence-electron chi connectivity index (χ3n) is 6.95. The van der Waals surface area contributed by atoms with Gasteiger partial charge in [-0.3, -0.25) is 0 Å². The molecule has 0 aromatic heterocycles. The quantitative estimate of drug-likeness (QED) is 0.295.